The Hall–Kier alpha value is -5.34. The first-order valence-corrected chi connectivity index (χ1v) is 13.2. The molecule has 3 atom stereocenters. The molecule has 4 N–H and O–H groups in total. The molecule has 4 aromatic rings. The number of quaternary nitrogens is 2. The van der Waals surface area contributed by atoms with Crippen molar-refractivity contribution in [1.29, 1.82) is 0 Å². The largest absolute Gasteiger partial charge is 0.595 e. The predicted octanol–water partition coefficient (Wildman–Crippen LogP) is 2.24. The van der Waals surface area contributed by atoms with Gasteiger partial charge in [-0.3, -0.25) is 9.59 Å². The molecule has 2 unspecified atom stereocenters. The van der Waals surface area contributed by atoms with Crippen molar-refractivity contribution in [2.24, 2.45) is 16.1 Å². The molecule has 0 saturated heterocycles. The molecule has 214 valence electrons. The first kappa shape index (κ1) is 27.8. The molecule has 0 saturated carbocycles. The maximum Gasteiger partial charge on any atom is 0.280 e. The Kier molecular flexibility index (Phi) is 7.44. The zero-order chi connectivity index (χ0) is 30.1. The smallest absolute Gasteiger partial charge is 0.280 e. The van der Waals surface area contributed by atoms with Crippen molar-refractivity contribution in [3.05, 3.63) is 142 Å². The molecule has 0 radical (unpaired) electrons. The zero-order valence-corrected chi connectivity index (χ0v) is 22.4. The molecule has 4 aromatic carbocycles. The van der Waals surface area contributed by atoms with Gasteiger partial charge >= 0.3 is 0 Å². The summed E-state index contributed by atoms with van der Waals surface area (Å²) in [5.74, 6) is -1.91. The minimum Gasteiger partial charge on any atom is -0.595 e. The van der Waals surface area contributed by atoms with Gasteiger partial charge in [0.2, 0.25) is 0 Å². The van der Waals surface area contributed by atoms with Crippen molar-refractivity contribution >= 4 is 46.0 Å². The number of hydrazone groups is 2. The van der Waals surface area contributed by atoms with E-state index in [0.717, 1.165) is 0 Å². The lowest BCUT2D eigenvalue weighted by Crippen LogP contribution is -2.99. The van der Waals surface area contributed by atoms with E-state index in [1.165, 1.54) is 40.4 Å². The number of carbonyl (C=O) groups excluding carboxylic acids is 2. The van der Waals surface area contributed by atoms with Crippen molar-refractivity contribution in [3.8, 4) is 0 Å². The fraction of sp³-hybridized carbons (Fsp3) is 0.0323. The van der Waals surface area contributed by atoms with Gasteiger partial charge in [0.05, 0.1) is 22.7 Å². The molecule has 12 heteroatoms. The molecule has 2 amide bonds. The van der Waals surface area contributed by atoms with Crippen molar-refractivity contribution < 1.29 is 30.5 Å². The van der Waals surface area contributed by atoms with E-state index < -0.39 is 28.2 Å². The molecule has 0 fully saturated rings. The van der Waals surface area contributed by atoms with E-state index in [-0.39, 0.29) is 22.7 Å². The zero-order valence-electron chi connectivity index (χ0n) is 22.4. The fourth-order valence-corrected chi connectivity index (χ4v) is 4.85. The summed E-state index contributed by atoms with van der Waals surface area (Å²) >= 11 is 0. The predicted molar refractivity (Wildman–Crippen MR) is 157 cm³/mol. The molecule has 43 heavy (non-hydrogen) atoms. The Morgan fingerprint density at radius 2 is 1.14 bits per heavy atom. The number of benzene rings is 4. The van der Waals surface area contributed by atoms with Gasteiger partial charge in [0, 0.05) is 29.8 Å². The summed E-state index contributed by atoms with van der Waals surface area (Å²) in [5, 5.41) is 51.1. The molecule has 6 rings (SSSR count). The first-order valence-electron chi connectivity index (χ1n) is 13.2. The average Bonchev–Trinajstić information content (AvgIpc) is 3.54. The Morgan fingerprint density at radius 1 is 0.651 bits per heavy atom. The summed E-state index contributed by atoms with van der Waals surface area (Å²) in [5.41, 5.74) is 2.89. The van der Waals surface area contributed by atoms with Crippen LogP contribution in [0.1, 0.15) is 11.1 Å². The number of hydrogen-bond donors (Lipinski definition) is 4. The van der Waals surface area contributed by atoms with Crippen LogP contribution in [-0.2, 0) is 9.59 Å². The second-order valence-corrected chi connectivity index (χ2v) is 9.69. The van der Waals surface area contributed by atoms with Gasteiger partial charge in [-0.2, -0.15) is 30.7 Å². The topological polar surface area (TPSA) is 161 Å². The van der Waals surface area contributed by atoms with Crippen LogP contribution < -0.4 is 20.5 Å². The van der Waals surface area contributed by atoms with Crippen LogP contribution in [0.3, 0.4) is 0 Å². The molecule has 2 aliphatic heterocycles. The highest BCUT2D eigenvalue weighted by molar-refractivity contribution is 6.36. The number of para-hydroxylation sites is 2. The number of amides is 2. The van der Waals surface area contributed by atoms with E-state index in [9.17, 15) is 30.4 Å². The maximum atomic E-state index is 13.9. The summed E-state index contributed by atoms with van der Waals surface area (Å²) in [7, 11) is 0. The lowest BCUT2D eigenvalue weighted by atomic mass is 9.91. The number of carbonyl (C=O) groups is 2. The van der Waals surface area contributed by atoms with E-state index in [1.54, 1.807) is 72.8 Å². The van der Waals surface area contributed by atoms with Crippen LogP contribution in [-0.4, -0.2) is 33.7 Å². The van der Waals surface area contributed by atoms with Gasteiger partial charge in [-0.25, -0.2) is 10.4 Å². The second kappa shape index (κ2) is 11.5. The summed E-state index contributed by atoms with van der Waals surface area (Å²) in [6, 6.07) is 29.6. The van der Waals surface area contributed by atoms with Crippen LogP contribution >= 0.6 is 0 Å². The molecule has 0 aliphatic carbocycles. The highest BCUT2D eigenvalue weighted by Gasteiger charge is 2.40. The van der Waals surface area contributed by atoms with Crippen molar-refractivity contribution in [3.63, 3.8) is 0 Å². The highest BCUT2D eigenvalue weighted by Crippen LogP contribution is 2.32. The van der Waals surface area contributed by atoms with Crippen LogP contribution in [0.2, 0.25) is 0 Å². The summed E-state index contributed by atoms with van der Waals surface area (Å²) in [6.07, 6.45) is 1.52. The quantitative estimate of drug-likeness (QED) is 0.195. The van der Waals surface area contributed by atoms with Crippen LogP contribution in [0.15, 0.2) is 131 Å². The van der Waals surface area contributed by atoms with Crippen molar-refractivity contribution in [1.82, 2.24) is 0 Å². The maximum absolute atomic E-state index is 13.9. The van der Waals surface area contributed by atoms with E-state index in [1.807, 2.05) is 12.1 Å². The molecule has 2 heterocycles. The number of hydrogen-bond acceptors (Lipinski definition) is 8. The van der Waals surface area contributed by atoms with E-state index >= 15 is 0 Å². The van der Waals surface area contributed by atoms with Crippen LogP contribution in [0.5, 0.6) is 0 Å². The first-order chi connectivity index (χ1) is 20.8. The molecule has 0 aromatic heterocycles. The minimum atomic E-state index is -1.09. The van der Waals surface area contributed by atoms with Gasteiger partial charge in [0.25, 0.3) is 11.8 Å². The monoisotopic (exact) mass is 576 g/mol. The van der Waals surface area contributed by atoms with Gasteiger partial charge in [0.15, 0.2) is 11.4 Å². The van der Waals surface area contributed by atoms with E-state index in [0.29, 0.717) is 28.2 Å². The van der Waals surface area contributed by atoms with Gasteiger partial charge in [-0.05, 0) is 54.1 Å². The van der Waals surface area contributed by atoms with Crippen molar-refractivity contribution in [2.45, 2.75) is 0 Å². The lowest BCUT2D eigenvalue weighted by molar-refractivity contribution is -0.991. The molecule has 0 bridgehead atoms. The number of nitrogens with one attached hydrogen (secondary N) is 2. The Morgan fingerprint density at radius 3 is 1.65 bits per heavy atom. The van der Waals surface area contributed by atoms with Crippen LogP contribution in [0, 0.1) is 16.3 Å². The van der Waals surface area contributed by atoms with Crippen molar-refractivity contribution in [2.75, 3.05) is 10.0 Å². The third-order valence-corrected chi connectivity index (χ3v) is 7.02. The SMILES string of the molecule is O=C1C(=C[C@H]2C(=O)N(c3ccccc3)N=C2c2ccc([NH+]([O-])O)cc2)C(c2ccc([NH+]([O-])O)cc2)=NN1c1ccccc1. The van der Waals surface area contributed by atoms with Gasteiger partial charge < -0.3 is 10.4 Å². The molecular formula is C31H24N6O6. The second-order valence-electron chi connectivity index (χ2n) is 9.69. The normalized spacial score (nSPS) is 19.1. The third-order valence-electron chi connectivity index (χ3n) is 7.02. The standard InChI is InChI=1S/C31H24N6O6/c38-30-26(28(20-11-15-24(16-12-20)36(40)41)32-34(30)22-7-3-1-4-8-22)19-27-29(21-13-17-25(18-14-21)37(42)43)33-35(31(27)39)23-9-5-2-6-10-23/h1-19,26,36-37,40,42H/t26-/m1/s1. The summed E-state index contributed by atoms with van der Waals surface area (Å²) in [4.78, 5) is 27.8. The van der Waals surface area contributed by atoms with Gasteiger partial charge in [0.1, 0.15) is 11.6 Å². The molecule has 2 aliphatic rings. The number of anilines is 2. The highest BCUT2D eigenvalue weighted by atomic mass is 16.8. The van der Waals surface area contributed by atoms with Crippen LogP contribution in [0.25, 0.3) is 0 Å². The summed E-state index contributed by atoms with van der Waals surface area (Å²) in [6.45, 7) is 0. The molecule has 12 nitrogen and oxygen atoms in total. The Balaban J connectivity index is 1.47. The third kappa shape index (κ3) is 5.36. The van der Waals surface area contributed by atoms with Gasteiger partial charge in [-0.15, -0.1) is 0 Å². The molecular weight excluding hydrogens is 552 g/mol. The van der Waals surface area contributed by atoms with E-state index in [2.05, 4.69) is 10.2 Å². The summed E-state index contributed by atoms with van der Waals surface area (Å²) < 4.78 is 0. The average molecular weight is 577 g/mol. The lowest BCUT2D eigenvalue weighted by Gasteiger charge is -2.14. The minimum absolute atomic E-state index is 0.0721. The Bertz CT molecular complexity index is 1750. The fourth-order valence-electron chi connectivity index (χ4n) is 4.85. The molecule has 0 spiro atoms. The van der Waals surface area contributed by atoms with E-state index in [4.69, 9.17) is 0 Å². The number of rotatable bonds is 7. The van der Waals surface area contributed by atoms with Crippen LogP contribution in [0.4, 0.5) is 22.7 Å². The Labute approximate surface area is 245 Å². The number of nitrogens with zero attached hydrogens (tertiary/aromatic N) is 4. The van der Waals surface area contributed by atoms with Gasteiger partial charge in [-0.1, -0.05) is 42.5 Å².